The van der Waals surface area contributed by atoms with Gasteiger partial charge in [0.2, 0.25) is 5.82 Å². The summed E-state index contributed by atoms with van der Waals surface area (Å²) in [5.41, 5.74) is 7.25. The van der Waals surface area contributed by atoms with Crippen molar-refractivity contribution in [3.8, 4) is 22.2 Å². The molecule has 0 radical (unpaired) electrons. The molecule has 3 aromatic rings. The number of hydrogen-bond acceptors (Lipinski definition) is 5. The molecule has 0 atom stereocenters. The first kappa shape index (κ1) is 11.4. The number of para-hydroxylation sites is 1. The molecule has 4 nitrogen and oxygen atoms in total. The summed E-state index contributed by atoms with van der Waals surface area (Å²) in [5, 5.41) is 5.94. The predicted molar refractivity (Wildman–Crippen MR) is 75.2 cm³/mol. The fourth-order valence-electron chi connectivity index (χ4n) is 1.56. The Balaban J connectivity index is 2.02. The number of aromatic nitrogens is 2. The number of halogens is 1. The summed E-state index contributed by atoms with van der Waals surface area (Å²) in [4.78, 5) is 5.31. The van der Waals surface area contributed by atoms with E-state index in [-0.39, 0.29) is 0 Å². The van der Waals surface area contributed by atoms with E-state index < -0.39 is 0 Å². The second-order valence-electron chi connectivity index (χ2n) is 3.64. The smallest absolute Gasteiger partial charge is 0.260 e. The number of rotatable bonds is 2. The van der Waals surface area contributed by atoms with Crippen LogP contribution in [0.4, 0.5) is 5.69 Å². The average molecular weight is 322 g/mol. The number of anilines is 1. The van der Waals surface area contributed by atoms with E-state index in [1.807, 2.05) is 29.6 Å². The normalized spacial score (nSPS) is 10.7. The van der Waals surface area contributed by atoms with Crippen LogP contribution in [-0.4, -0.2) is 10.1 Å². The molecule has 0 bridgehead atoms. The molecule has 0 saturated heterocycles. The fourth-order valence-corrected chi connectivity index (χ4v) is 2.91. The lowest BCUT2D eigenvalue weighted by atomic mass is 10.2. The summed E-state index contributed by atoms with van der Waals surface area (Å²) in [6, 6.07) is 9.37. The van der Waals surface area contributed by atoms with Crippen molar-refractivity contribution in [2.75, 3.05) is 5.73 Å². The largest absolute Gasteiger partial charge is 0.398 e. The van der Waals surface area contributed by atoms with Crippen LogP contribution in [0, 0.1) is 0 Å². The molecule has 2 N–H and O–H groups in total. The third-order valence-electron chi connectivity index (χ3n) is 2.41. The highest BCUT2D eigenvalue weighted by atomic mass is 79.9. The van der Waals surface area contributed by atoms with Crippen LogP contribution in [0.1, 0.15) is 0 Å². The molecule has 0 unspecified atom stereocenters. The quantitative estimate of drug-likeness (QED) is 0.729. The van der Waals surface area contributed by atoms with Crippen LogP contribution in [0.3, 0.4) is 0 Å². The van der Waals surface area contributed by atoms with Crippen molar-refractivity contribution in [2.45, 2.75) is 0 Å². The Morgan fingerprint density at radius 3 is 2.83 bits per heavy atom. The minimum absolute atomic E-state index is 0.438. The molecule has 0 aliphatic heterocycles. The van der Waals surface area contributed by atoms with E-state index in [2.05, 4.69) is 26.1 Å². The van der Waals surface area contributed by atoms with E-state index in [0.717, 1.165) is 14.9 Å². The molecule has 18 heavy (non-hydrogen) atoms. The van der Waals surface area contributed by atoms with Gasteiger partial charge in [0, 0.05) is 15.5 Å². The van der Waals surface area contributed by atoms with Gasteiger partial charge in [0.05, 0.1) is 10.4 Å². The van der Waals surface area contributed by atoms with Crippen LogP contribution in [0.25, 0.3) is 22.2 Å². The molecule has 2 heterocycles. The standard InChI is InChI=1S/C12H8BrN3OS/c13-7-5-10(18-6-7)11-15-12(17-16-11)8-3-1-2-4-9(8)14/h1-6H,14H2. The fraction of sp³-hybridized carbons (Fsp3) is 0. The third kappa shape index (κ3) is 2.04. The molecule has 3 rings (SSSR count). The van der Waals surface area contributed by atoms with E-state index in [1.165, 1.54) is 0 Å². The first-order chi connectivity index (χ1) is 8.74. The molecule has 0 spiro atoms. The van der Waals surface area contributed by atoms with E-state index in [4.69, 9.17) is 10.3 Å². The molecular weight excluding hydrogens is 314 g/mol. The Kier molecular flexibility index (Phi) is 2.89. The van der Waals surface area contributed by atoms with Crippen LogP contribution in [0.5, 0.6) is 0 Å². The van der Waals surface area contributed by atoms with Gasteiger partial charge in [0.15, 0.2) is 0 Å². The van der Waals surface area contributed by atoms with Gasteiger partial charge in [0.25, 0.3) is 5.89 Å². The molecule has 1 aromatic carbocycles. The Labute approximate surface area is 116 Å². The summed E-state index contributed by atoms with van der Waals surface area (Å²) >= 11 is 4.95. The van der Waals surface area contributed by atoms with Gasteiger partial charge in [-0.1, -0.05) is 17.3 Å². The highest BCUT2D eigenvalue weighted by Crippen LogP contribution is 2.30. The topological polar surface area (TPSA) is 64.9 Å². The maximum Gasteiger partial charge on any atom is 0.260 e. The van der Waals surface area contributed by atoms with Gasteiger partial charge in [-0.05, 0) is 34.1 Å². The van der Waals surface area contributed by atoms with Crippen LogP contribution < -0.4 is 5.73 Å². The maximum absolute atomic E-state index is 5.87. The van der Waals surface area contributed by atoms with Gasteiger partial charge in [-0.2, -0.15) is 4.98 Å². The van der Waals surface area contributed by atoms with Crippen molar-refractivity contribution in [3.63, 3.8) is 0 Å². The molecular formula is C12H8BrN3OS. The Morgan fingerprint density at radius 2 is 2.11 bits per heavy atom. The lowest BCUT2D eigenvalue weighted by Gasteiger charge is -1.97. The van der Waals surface area contributed by atoms with Gasteiger partial charge in [0.1, 0.15) is 0 Å². The number of nitrogens with zero attached hydrogens (tertiary/aromatic N) is 2. The lowest BCUT2D eigenvalue weighted by molar-refractivity contribution is 0.432. The number of benzene rings is 1. The number of nitrogens with two attached hydrogens (primary N) is 1. The second kappa shape index (κ2) is 4.55. The molecule has 0 amide bonds. The molecule has 6 heteroatoms. The SMILES string of the molecule is Nc1ccccc1-c1nc(-c2cc(Br)cs2)no1. The van der Waals surface area contributed by atoms with Crippen LogP contribution in [0.15, 0.2) is 44.7 Å². The maximum atomic E-state index is 5.87. The molecule has 2 aromatic heterocycles. The van der Waals surface area contributed by atoms with Crippen molar-refractivity contribution < 1.29 is 4.52 Å². The van der Waals surface area contributed by atoms with Crippen LogP contribution in [-0.2, 0) is 0 Å². The van der Waals surface area contributed by atoms with Gasteiger partial charge >= 0.3 is 0 Å². The molecule has 0 fully saturated rings. The van der Waals surface area contributed by atoms with E-state index in [1.54, 1.807) is 17.4 Å². The zero-order valence-corrected chi connectivity index (χ0v) is 11.5. The monoisotopic (exact) mass is 321 g/mol. The van der Waals surface area contributed by atoms with Gasteiger partial charge in [-0.3, -0.25) is 0 Å². The van der Waals surface area contributed by atoms with E-state index in [0.29, 0.717) is 17.4 Å². The average Bonchev–Trinajstić information content (AvgIpc) is 2.98. The van der Waals surface area contributed by atoms with Gasteiger partial charge in [-0.15, -0.1) is 11.3 Å². The Hall–Kier alpha value is -1.66. The highest BCUT2D eigenvalue weighted by molar-refractivity contribution is 9.10. The minimum atomic E-state index is 0.438. The van der Waals surface area contributed by atoms with Crippen molar-refractivity contribution in [3.05, 3.63) is 40.2 Å². The summed E-state index contributed by atoms with van der Waals surface area (Å²) in [7, 11) is 0. The van der Waals surface area contributed by atoms with E-state index >= 15 is 0 Å². The van der Waals surface area contributed by atoms with Crippen LogP contribution >= 0.6 is 27.3 Å². The zero-order chi connectivity index (χ0) is 12.5. The Bertz CT molecular complexity index is 692. The minimum Gasteiger partial charge on any atom is -0.398 e. The summed E-state index contributed by atoms with van der Waals surface area (Å²) < 4.78 is 6.25. The molecule has 90 valence electrons. The predicted octanol–water partition coefficient (Wildman–Crippen LogP) is 3.81. The van der Waals surface area contributed by atoms with Crippen molar-refractivity contribution >= 4 is 33.0 Å². The molecule has 0 saturated carbocycles. The lowest BCUT2D eigenvalue weighted by Crippen LogP contribution is -1.88. The molecule has 0 aliphatic carbocycles. The second-order valence-corrected chi connectivity index (χ2v) is 5.47. The van der Waals surface area contributed by atoms with Crippen molar-refractivity contribution in [1.82, 2.24) is 10.1 Å². The first-order valence-electron chi connectivity index (χ1n) is 5.17. The van der Waals surface area contributed by atoms with Gasteiger partial charge in [-0.25, -0.2) is 0 Å². The van der Waals surface area contributed by atoms with Gasteiger partial charge < -0.3 is 10.3 Å². The third-order valence-corrected chi connectivity index (χ3v) is 4.09. The summed E-state index contributed by atoms with van der Waals surface area (Å²) in [6.07, 6.45) is 0. The summed E-state index contributed by atoms with van der Waals surface area (Å²) in [5.74, 6) is 1.01. The van der Waals surface area contributed by atoms with Crippen molar-refractivity contribution in [2.24, 2.45) is 0 Å². The van der Waals surface area contributed by atoms with Crippen LogP contribution in [0.2, 0.25) is 0 Å². The number of thiophene rings is 1. The number of nitrogen functional groups attached to an aromatic ring is 1. The highest BCUT2D eigenvalue weighted by Gasteiger charge is 2.13. The first-order valence-corrected chi connectivity index (χ1v) is 6.84. The molecule has 0 aliphatic rings. The zero-order valence-electron chi connectivity index (χ0n) is 9.13. The summed E-state index contributed by atoms with van der Waals surface area (Å²) in [6.45, 7) is 0. The number of hydrogen-bond donors (Lipinski definition) is 1. The Morgan fingerprint density at radius 1 is 1.28 bits per heavy atom. The van der Waals surface area contributed by atoms with E-state index in [9.17, 15) is 0 Å². The van der Waals surface area contributed by atoms with Crippen molar-refractivity contribution in [1.29, 1.82) is 0 Å².